The second kappa shape index (κ2) is 6.29. The van der Waals surface area contributed by atoms with Crippen LogP contribution >= 0.6 is 0 Å². The Kier molecular flexibility index (Phi) is 4.23. The minimum atomic E-state index is 0.319. The summed E-state index contributed by atoms with van der Waals surface area (Å²) < 4.78 is 7.75. The summed E-state index contributed by atoms with van der Waals surface area (Å²) in [6.07, 6.45) is 0. The molecular formula is C18H22N2O. The Balaban J connectivity index is 2.10. The topological polar surface area (TPSA) is 26.2 Å². The predicted molar refractivity (Wildman–Crippen MR) is 88.8 cm³/mol. The smallest absolute Gasteiger partial charge is 0.0633 e. The van der Waals surface area contributed by atoms with Crippen molar-refractivity contribution in [1.29, 1.82) is 0 Å². The molecular weight excluding hydrogens is 260 g/mol. The molecule has 0 saturated heterocycles. The molecule has 2 aromatic carbocycles. The molecule has 0 saturated carbocycles. The summed E-state index contributed by atoms with van der Waals surface area (Å²) >= 11 is 0. The van der Waals surface area contributed by atoms with Crippen molar-refractivity contribution < 1.29 is 4.74 Å². The first kappa shape index (κ1) is 14.1. The first-order valence-corrected chi connectivity index (χ1v) is 7.53. The van der Waals surface area contributed by atoms with E-state index < -0.39 is 0 Å². The first-order chi connectivity index (χ1) is 10.3. The molecule has 0 radical (unpaired) electrons. The van der Waals surface area contributed by atoms with Crippen LogP contribution in [0.1, 0.15) is 6.92 Å². The monoisotopic (exact) mass is 282 g/mol. The number of para-hydroxylation sites is 2. The molecule has 1 atom stereocenters. The zero-order valence-electron chi connectivity index (χ0n) is 12.7. The lowest BCUT2D eigenvalue weighted by atomic mass is 10.2. The SMILES string of the molecule is CCNC(COC)Cn1c2ccccc2c2ccccc21. The van der Waals surface area contributed by atoms with E-state index in [0.29, 0.717) is 12.6 Å². The highest BCUT2D eigenvalue weighted by atomic mass is 16.5. The van der Waals surface area contributed by atoms with E-state index in [1.54, 1.807) is 7.11 Å². The minimum absolute atomic E-state index is 0.319. The number of hydrogen-bond donors (Lipinski definition) is 1. The maximum absolute atomic E-state index is 5.35. The lowest BCUT2D eigenvalue weighted by Crippen LogP contribution is -2.36. The third-order valence-corrected chi connectivity index (χ3v) is 3.94. The van der Waals surface area contributed by atoms with Gasteiger partial charge in [-0.05, 0) is 18.7 Å². The van der Waals surface area contributed by atoms with Gasteiger partial charge in [-0.25, -0.2) is 0 Å². The summed E-state index contributed by atoms with van der Waals surface area (Å²) in [7, 11) is 1.76. The van der Waals surface area contributed by atoms with Crippen LogP contribution in [0.25, 0.3) is 21.8 Å². The summed E-state index contributed by atoms with van der Waals surface area (Å²) in [6.45, 7) is 4.71. The van der Waals surface area contributed by atoms with Crippen LogP contribution in [-0.2, 0) is 11.3 Å². The van der Waals surface area contributed by atoms with Crippen LogP contribution in [0.2, 0.25) is 0 Å². The molecule has 0 amide bonds. The number of hydrogen-bond acceptors (Lipinski definition) is 2. The van der Waals surface area contributed by atoms with Gasteiger partial charge < -0.3 is 14.6 Å². The van der Waals surface area contributed by atoms with E-state index in [4.69, 9.17) is 4.74 Å². The van der Waals surface area contributed by atoms with Crippen molar-refractivity contribution in [2.24, 2.45) is 0 Å². The molecule has 3 rings (SSSR count). The van der Waals surface area contributed by atoms with Crippen molar-refractivity contribution >= 4 is 21.8 Å². The Hall–Kier alpha value is -1.84. The molecule has 1 N–H and O–H groups in total. The number of rotatable bonds is 6. The van der Waals surface area contributed by atoms with Gasteiger partial charge in [0.1, 0.15) is 0 Å². The molecule has 1 heterocycles. The maximum atomic E-state index is 5.35. The normalized spacial score (nSPS) is 13.0. The summed E-state index contributed by atoms with van der Waals surface area (Å²) in [6, 6.07) is 17.5. The van der Waals surface area contributed by atoms with Crippen LogP contribution in [0.3, 0.4) is 0 Å². The lowest BCUT2D eigenvalue weighted by molar-refractivity contribution is 0.160. The van der Waals surface area contributed by atoms with Gasteiger partial charge in [0.2, 0.25) is 0 Å². The van der Waals surface area contributed by atoms with E-state index in [1.165, 1.54) is 21.8 Å². The van der Waals surface area contributed by atoms with E-state index in [-0.39, 0.29) is 0 Å². The van der Waals surface area contributed by atoms with Crippen LogP contribution < -0.4 is 5.32 Å². The standard InChI is InChI=1S/C18H22N2O/c1-3-19-14(13-21-2)12-20-17-10-6-4-8-15(17)16-9-5-7-11-18(16)20/h4-11,14,19H,3,12-13H2,1-2H3. The number of methoxy groups -OCH3 is 1. The van der Waals surface area contributed by atoms with Crippen LogP contribution in [-0.4, -0.2) is 30.9 Å². The third kappa shape index (κ3) is 2.67. The summed E-state index contributed by atoms with van der Waals surface area (Å²) in [5.74, 6) is 0. The van der Waals surface area contributed by atoms with Crippen molar-refractivity contribution in [2.75, 3.05) is 20.3 Å². The summed E-state index contributed by atoms with van der Waals surface area (Å²) in [4.78, 5) is 0. The number of aromatic nitrogens is 1. The van der Waals surface area contributed by atoms with Gasteiger partial charge in [-0.1, -0.05) is 43.3 Å². The largest absolute Gasteiger partial charge is 0.383 e. The number of nitrogens with one attached hydrogen (secondary N) is 1. The highest BCUT2D eigenvalue weighted by Gasteiger charge is 2.14. The van der Waals surface area contributed by atoms with Gasteiger partial charge in [0, 0.05) is 41.5 Å². The Morgan fingerprint density at radius 2 is 1.57 bits per heavy atom. The molecule has 3 nitrogen and oxygen atoms in total. The molecule has 0 spiro atoms. The fraction of sp³-hybridized carbons (Fsp3) is 0.333. The molecule has 0 fully saturated rings. The number of benzene rings is 2. The Bertz CT molecular complexity index is 673. The van der Waals surface area contributed by atoms with Gasteiger partial charge in [0.05, 0.1) is 6.61 Å². The van der Waals surface area contributed by atoms with Gasteiger partial charge >= 0.3 is 0 Å². The van der Waals surface area contributed by atoms with E-state index in [0.717, 1.165) is 13.1 Å². The van der Waals surface area contributed by atoms with Crippen molar-refractivity contribution in [3.63, 3.8) is 0 Å². The maximum Gasteiger partial charge on any atom is 0.0633 e. The van der Waals surface area contributed by atoms with E-state index in [2.05, 4.69) is 65.3 Å². The number of fused-ring (bicyclic) bond motifs is 3. The zero-order valence-corrected chi connectivity index (χ0v) is 12.7. The number of ether oxygens (including phenoxy) is 1. The second-order valence-corrected chi connectivity index (χ2v) is 5.35. The van der Waals surface area contributed by atoms with Crippen molar-refractivity contribution in [1.82, 2.24) is 9.88 Å². The highest BCUT2D eigenvalue weighted by Crippen LogP contribution is 2.28. The van der Waals surface area contributed by atoms with Gasteiger partial charge in [0.15, 0.2) is 0 Å². The Morgan fingerprint density at radius 3 is 2.10 bits per heavy atom. The van der Waals surface area contributed by atoms with Crippen molar-refractivity contribution in [3.05, 3.63) is 48.5 Å². The molecule has 110 valence electrons. The Morgan fingerprint density at radius 1 is 1.00 bits per heavy atom. The molecule has 0 aliphatic carbocycles. The van der Waals surface area contributed by atoms with E-state index in [9.17, 15) is 0 Å². The molecule has 21 heavy (non-hydrogen) atoms. The molecule has 3 heteroatoms. The van der Waals surface area contributed by atoms with E-state index in [1.807, 2.05) is 0 Å². The number of likely N-dealkylation sites (N-methyl/N-ethyl adjacent to an activating group) is 1. The quantitative estimate of drug-likeness (QED) is 0.750. The summed E-state index contributed by atoms with van der Waals surface area (Å²) in [5.41, 5.74) is 2.58. The minimum Gasteiger partial charge on any atom is -0.383 e. The van der Waals surface area contributed by atoms with Gasteiger partial charge in [0.25, 0.3) is 0 Å². The lowest BCUT2D eigenvalue weighted by Gasteiger charge is -2.19. The molecule has 3 aromatic rings. The fourth-order valence-corrected chi connectivity index (χ4v) is 3.09. The molecule has 0 bridgehead atoms. The highest BCUT2D eigenvalue weighted by molar-refractivity contribution is 6.07. The zero-order chi connectivity index (χ0) is 14.7. The van der Waals surface area contributed by atoms with Crippen molar-refractivity contribution in [3.8, 4) is 0 Å². The average Bonchev–Trinajstić information content (AvgIpc) is 2.83. The second-order valence-electron chi connectivity index (χ2n) is 5.35. The number of nitrogens with zero attached hydrogens (tertiary/aromatic N) is 1. The molecule has 1 unspecified atom stereocenters. The Labute approximate surface area is 125 Å². The van der Waals surface area contributed by atoms with Crippen molar-refractivity contribution in [2.45, 2.75) is 19.5 Å². The molecule has 0 aliphatic rings. The molecule has 1 aromatic heterocycles. The van der Waals surface area contributed by atoms with E-state index >= 15 is 0 Å². The molecule has 0 aliphatic heterocycles. The van der Waals surface area contributed by atoms with Gasteiger partial charge in [-0.3, -0.25) is 0 Å². The van der Waals surface area contributed by atoms with Crippen LogP contribution in [0.4, 0.5) is 0 Å². The van der Waals surface area contributed by atoms with Crippen LogP contribution in [0.5, 0.6) is 0 Å². The third-order valence-electron chi connectivity index (χ3n) is 3.94. The first-order valence-electron chi connectivity index (χ1n) is 7.53. The van der Waals surface area contributed by atoms with Gasteiger partial charge in [-0.15, -0.1) is 0 Å². The predicted octanol–water partition coefficient (Wildman–Crippen LogP) is 3.42. The van der Waals surface area contributed by atoms with Crippen LogP contribution in [0.15, 0.2) is 48.5 Å². The fourth-order valence-electron chi connectivity index (χ4n) is 3.09. The van der Waals surface area contributed by atoms with Crippen LogP contribution in [0, 0.1) is 0 Å². The average molecular weight is 282 g/mol. The summed E-state index contributed by atoms with van der Waals surface area (Å²) in [5, 5.41) is 6.15. The van der Waals surface area contributed by atoms with Gasteiger partial charge in [-0.2, -0.15) is 0 Å².